The van der Waals surface area contributed by atoms with Gasteiger partial charge in [-0.15, -0.1) is 0 Å². The van der Waals surface area contributed by atoms with Crippen molar-refractivity contribution in [2.45, 2.75) is 37.4 Å². The van der Waals surface area contributed by atoms with Gasteiger partial charge in [-0.1, -0.05) is 0 Å². The van der Waals surface area contributed by atoms with Gasteiger partial charge in [-0.3, -0.25) is 0 Å². The smallest absolute Gasteiger partial charge is 0.329 e. The molecule has 0 spiro atoms. The minimum atomic E-state index is -4.44. The molecule has 1 aliphatic rings. The Kier molecular flexibility index (Phi) is 3.62. The van der Waals surface area contributed by atoms with Crippen molar-refractivity contribution in [1.82, 2.24) is 10.6 Å². The van der Waals surface area contributed by atoms with Crippen LogP contribution in [0.1, 0.15) is 25.7 Å². The van der Waals surface area contributed by atoms with Crippen molar-refractivity contribution in [1.29, 1.82) is 5.26 Å². The van der Waals surface area contributed by atoms with Crippen molar-refractivity contribution < 1.29 is 18.0 Å². The quantitative estimate of drug-likeness (QED) is 0.764. The molecule has 2 amide bonds. The summed E-state index contributed by atoms with van der Waals surface area (Å²) in [5.41, 5.74) is -0.990. The molecule has 1 aliphatic carbocycles. The van der Waals surface area contributed by atoms with Crippen LogP contribution in [0, 0.1) is 11.3 Å². The van der Waals surface area contributed by atoms with Gasteiger partial charge in [0.15, 0.2) is 0 Å². The summed E-state index contributed by atoms with van der Waals surface area (Å²) in [5.74, 6) is 0. The van der Waals surface area contributed by atoms with E-state index < -0.39 is 24.3 Å². The maximum atomic E-state index is 11.8. The molecule has 2 N–H and O–H groups in total. The Morgan fingerprint density at radius 3 is 2.38 bits per heavy atom. The van der Waals surface area contributed by atoms with Gasteiger partial charge in [0.05, 0.1) is 6.07 Å². The molecule has 0 unspecified atom stereocenters. The van der Waals surface area contributed by atoms with Crippen molar-refractivity contribution >= 4 is 6.03 Å². The number of nitriles is 1. The first-order chi connectivity index (χ1) is 7.37. The highest BCUT2D eigenvalue weighted by Crippen LogP contribution is 2.28. The van der Waals surface area contributed by atoms with Gasteiger partial charge in [-0.2, -0.15) is 18.4 Å². The Balaban J connectivity index is 2.42. The first kappa shape index (κ1) is 12.6. The van der Waals surface area contributed by atoms with Gasteiger partial charge in [0.1, 0.15) is 12.1 Å². The first-order valence-corrected chi connectivity index (χ1v) is 4.91. The number of halogens is 3. The summed E-state index contributed by atoms with van der Waals surface area (Å²) in [6, 6.07) is 1.01. The minimum Gasteiger partial charge on any atom is -0.329 e. The number of hydrogen-bond donors (Lipinski definition) is 2. The van der Waals surface area contributed by atoms with E-state index in [1.807, 2.05) is 6.07 Å². The second-order valence-electron chi connectivity index (χ2n) is 3.82. The van der Waals surface area contributed by atoms with Crippen molar-refractivity contribution in [2.75, 3.05) is 6.54 Å². The molecule has 0 heterocycles. The van der Waals surface area contributed by atoms with Crippen LogP contribution in [0.3, 0.4) is 0 Å². The fourth-order valence-corrected chi connectivity index (χ4v) is 1.69. The highest BCUT2D eigenvalue weighted by molar-refractivity contribution is 5.75. The molecule has 90 valence electrons. The molecule has 7 heteroatoms. The molecule has 0 saturated heterocycles. The van der Waals surface area contributed by atoms with E-state index in [-0.39, 0.29) is 0 Å². The van der Waals surface area contributed by atoms with Crippen LogP contribution in [-0.4, -0.2) is 24.3 Å². The maximum absolute atomic E-state index is 11.8. The molecule has 0 bridgehead atoms. The van der Waals surface area contributed by atoms with Gasteiger partial charge in [0.2, 0.25) is 0 Å². The number of alkyl halides is 3. The summed E-state index contributed by atoms with van der Waals surface area (Å²) in [6.45, 7) is -1.39. The number of nitrogens with zero attached hydrogens (tertiary/aromatic N) is 1. The SMILES string of the molecule is N#CC1(NC(=O)NCC(F)(F)F)CCCC1. The van der Waals surface area contributed by atoms with Crippen LogP contribution in [0.15, 0.2) is 0 Å². The summed E-state index contributed by atoms with van der Waals surface area (Å²) in [4.78, 5) is 11.1. The molecule has 0 radical (unpaired) electrons. The zero-order valence-corrected chi connectivity index (χ0v) is 8.52. The van der Waals surface area contributed by atoms with Crippen LogP contribution in [0.5, 0.6) is 0 Å². The van der Waals surface area contributed by atoms with Gasteiger partial charge in [0.25, 0.3) is 0 Å². The molecule has 16 heavy (non-hydrogen) atoms. The molecule has 4 nitrogen and oxygen atoms in total. The number of amides is 2. The summed E-state index contributed by atoms with van der Waals surface area (Å²) in [6.07, 6.45) is -1.86. The van der Waals surface area contributed by atoms with Crippen LogP contribution in [0.4, 0.5) is 18.0 Å². The lowest BCUT2D eigenvalue weighted by atomic mass is 10.0. The third-order valence-electron chi connectivity index (χ3n) is 2.47. The molecule has 1 saturated carbocycles. The standard InChI is InChI=1S/C9H12F3N3O/c10-9(11,12)6-14-7(16)15-8(5-13)3-1-2-4-8/h1-4,6H2,(H2,14,15,16). The third kappa shape index (κ3) is 3.61. The zero-order chi connectivity index (χ0) is 12.2. The van der Waals surface area contributed by atoms with Gasteiger partial charge in [0, 0.05) is 0 Å². The van der Waals surface area contributed by atoms with Crippen LogP contribution < -0.4 is 10.6 Å². The molecular weight excluding hydrogens is 223 g/mol. The number of rotatable bonds is 2. The average molecular weight is 235 g/mol. The van der Waals surface area contributed by atoms with E-state index in [1.165, 1.54) is 0 Å². The van der Waals surface area contributed by atoms with Crippen LogP contribution in [-0.2, 0) is 0 Å². The second-order valence-corrected chi connectivity index (χ2v) is 3.82. The average Bonchev–Trinajstić information content (AvgIpc) is 2.63. The Bertz CT molecular complexity index is 302. The van der Waals surface area contributed by atoms with Gasteiger partial charge >= 0.3 is 12.2 Å². The normalized spacial score (nSPS) is 18.9. The predicted octanol–water partition coefficient (Wildman–Crippen LogP) is 1.68. The topological polar surface area (TPSA) is 64.9 Å². The number of hydrogen-bond acceptors (Lipinski definition) is 2. The summed E-state index contributed by atoms with van der Waals surface area (Å²) < 4.78 is 35.4. The molecular formula is C9H12F3N3O. The van der Waals surface area contributed by atoms with Gasteiger partial charge < -0.3 is 10.6 Å². The molecule has 0 aromatic carbocycles. The number of carbonyl (C=O) groups is 1. The second kappa shape index (κ2) is 4.60. The number of urea groups is 1. The van der Waals surface area contributed by atoms with Crippen molar-refractivity contribution in [3.63, 3.8) is 0 Å². The summed E-state index contributed by atoms with van der Waals surface area (Å²) >= 11 is 0. The van der Waals surface area contributed by atoms with E-state index in [2.05, 4.69) is 5.32 Å². The number of nitrogens with one attached hydrogen (secondary N) is 2. The summed E-state index contributed by atoms with van der Waals surface area (Å²) in [5, 5.41) is 12.9. The molecule has 1 rings (SSSR count). The van der Waals surface area contributed by atoms with Gasteiger partial charge in [-0.05, 0) is 25.7 Å². The predicted molar refractivity (Wildman–Crippen MR) is 49.4 cm³/mol. The molecule has 1 fully saturated rings. The third-order valence-corrected chi connectivity index (χ3v) is 2.47. The van der Waals surface area contributed by atoms with E-state index >= 15 is 0 Å². The summed E-state index contributed by atoms with van der Waals surface area (Å²) in [7, 11) is 0. The molecule has 0 aliphatic heterocycles. The Labute approximate surface area is 90.8 Å². The van der Waals surface area contributed by atoms with E-state index in [0.29, 0.717) is 12.8 Å². The fourth-order valence-electron chi connectivity index (χ4n) is 1.69. The lowest BCUT2D eigenvalue weighted by Gasteiger charge is -2.22. The molecule has 0 atom stereocenters. The highest BCUT2D eigenvalue weighted by Gasteiger charge is 2.36. The highest BCUT2D eigenvalue weighted by atomic mass is 19.4. The monoisotopic (exact) mass is 235 g/mol. The van der Waals surface area contributed by atoms with Crippen LogP contribution in [0.2, 0.25) is 0 Å². The minimum absolute atomic E-state index is 0.489. The largest absolute Gasteiger partial charge is 0.405 e. The maximum Gasteiger partial charge on any atom is 0.405 e. The van der Waals surface area contributed by atoms with Crippen LogP contribution >= 0.6 is 0 Å². The van der Waals surface area contributed by atoms with Gasteiger partial charge in [-0.25, -0.2) is 4.79 Å². The van der Waals surface area contributed by atoms with Crippen molar-refractivity contribution in [3.05, 3.63) is 0 Å². The fraction of sp³-hybridized carbons (Fsp3) is 0.778. The Morgan fingerprint density at radius 2 is 1.94 bits per heavy atom. The zero-order valence-electron chi connectivity index (χ0n) is 8.52. The Hall–Kier alpha value is -1.45. The lowest BCUT2D eigenvalue weighted by Crippen LogP contribution is -2.51. The Morgan fingerprint density at radius 1 is 1.38 bits per heavy atom. The molecule has 0 aromatic rings. The lowest BCUT2D eigenvalue weighted by molar-refractivity contribution is -0.122. The van der Waals surface area contributed by atoms with Crippen molar-refractivity contribution in [3.8, 4) is 6.07 Å². The number of carbonyl (C=O) groups excluding carboxylic acids is 1. The first-order valence-electron chi connectivity index (χ1n) is 4.91. The van der Waals surface area contributed by atoms with Crippen LogP contribution in [0.25, 0.3) is 0 Å². The van der Waals surface area contributed by atoms with E-state index in [9.17, 15) is 18.0 Å². The van der Waals surface area contributed by atoms with E-state index in [0.717, 1.165) is 12.8 Å². The van der Waals surface area contributed by atoms with E-state index in [4.69, 9.17) is 5.26 Å². The molecule has 0 aromatic heterocycles. The van der Waals surface area contributed by atoms with E-state index in [1.54, 1.807) is 5.32 Å². The van der Waals surface area contributed by atoms with Crippen molar-refractivity contribution in [2.24, 2.45) is 0 Å².